The molecular weight excluding hydrogens is 1060 g/mol. The van der Waals surface area contributed by atoms with E-state index in [4.69, 9.17) is 19.8 Å². The van der Waals surface area contributed by atoms with Crippen LogP contribution in [0.2, 0.25) is 0 Å². The summed E-state index contributed by atoms with van der Waals surface area (Å²) in [6, 6.07) is 16.1. The summed E-state index contributed by atoms with van der Waals surface area (Å²) in [5.74, 6) is -0.263. The van der Waals surface area contributed by atoms with Crippen LogP contribution >= 0.6 is 24.1 Å². The molecule has 6 N–H and O–H groups in total. The van der Waals surface area contributed by atoms with E-state index in [0.29, 0.717) is 98.5 Å². The van der Waals surface area contributed by atoms with E-state index < -0.39 is 71.7 Å². The molecule has 0 bridgehead atoms. The van der Waals surface area contributed by atoms with Crippen molar-refractivity contribution in [3.05, 3.63) is 119 Å². The highest BCUT2D eigenvalue weighted by atomic mass is 32.2. The molecule has 3 heterocycles. The maximum atomic E-state index is 12.7. The number of hydrogen-bond acceptors (Lipinski definition) is 18. The van der Waals surface area contributed by atoms with Gasteiger partial charge in [-0.05, 0) is 110 Å². The number of fused-ring (bicyclic) bond motifs is 6. The lowest BCUT2D eigenvalue weighted by Crippen LogP contribution is -2.28. The molecule has 0 spiro atoms. The van der Waals surface area contributed by atoms with E-state index in [1.807, 2.05) is 36.6 Å². The minimum atomic E-state index is -5.06. The summed E-state index contributed by atoms with van der Waals surface area (Å²) >= 11 is 1.38. The van der Waals surface area contributed by atoms with Crippen molar-refractivity contribution in [1.29, 1.82) is 0 Å². The fourth-order valence-electron chi connectivity index (χ4n) is 9.40. The summed E-state index contributed by atoms with van der Waals surface area (Å²) in [5, 5.41) is 26.2. The van der Waals surface area contributed by atoms with Gasteiger partial charge < -0.3 is 4.90 Å². The number of hydrogen-bond donors (Lipinski definition) is 6. The summed E-state index contributed by atoms with van der Waals surface area (Å²) in [5.41, 5.74) is 2.95. The highest BCUT2D eigenvalue weighted by molar-refractivity contribution is 7.95. The largest absolute Gasteiger partial charge is 0.344 e. The van der Waals surface area contributed by atoms with Crippen molar-refractivity contribution in [2.75, 3.05) is 29.5 Å². The van der Waals surface area contributed by atoms with Crippen molar-refractivity contribution in [3.8, 4) is 0 Å². The van der Waals surface area contributed by atoms with Gasteiger partial charge in [-0.2, -0.15) is 38.2 Å². The predicted octanol–water partition coefficient (Wildman–Crippen LogP) is 8.30. The second kappa shape index (κ2) is 20.9. The molecule has 72 heavy (non-hydrogen) atoms. The Morgan fingerprint density at radius 3 is 2.03 bits per heavy atom. The van der Waals surface area contributed by atoms with E-state index in [9.17, 15) is 51.9 Å². The van der Waals surface area contributed by atoms with Gasteiger partial charge in [-0.15, -0.1) is 8.67 Å². The third kappa shape index (κ3) is 11.5. The van der Waals surface area contributed by atoms with Crippen LogP contribution in [0.4, 0.5) is 11.4 Å². The highest BCUT2D eigenvalue weighted by Crippen LogP contribution is 2.52. The van der Waals surface area contributed by atoms with Gasteiger partial charge in [0, 0.05) is 86.8 Å². The molecule has 0 aliphatic carbocycles. The fourth-order valence-corrected chi connectivity index (χ4v) is 12.7. The van der Waals surface area contributed by atoms with Gasteiger partial charge >= 0.3 is 0 Å². The highest BCUT2D eigenvalue weighted by Gasteiger charge is 2.46. The van der Waals surface area contributed by atoms with Crippen LogP contribution in [-0.4, -0.2) is 102 Å². The first-order valence-corrected chi connectivity index (χ1v) is 29.0. The Hall–Kier alpha value is -4.66. The van der Waals surface area contributed by atoms with Crippen molar-refractivity contribution < 1.29 is 85.7 Å². The predicted molar refractivity (Wildman–Crippen MR) is 268 cm³/mol. The van der Waals surface area contributed by atoms with Gasteiger partial charge in [0.25, 0.3) is 40.5 Å². The maximum Gasteiger partial charge on any atom is 0.295 e. The molecular formula is C45H48N3O18S6+. The van der Waals surface area contributed by atoms with E-state index in [0.717, 1.165) is 18.1 Å². The first-order valence-electron chi connectivity index (χ1n) is 21.4. The van der Waals surface area contributed by atoms with Gasteiger partial charge in [0.05, 0.1) is 38.7 Å². The molecule has 0 amide bonds. The minimum Gasteiger partial charge on any atom is -0.344 e. The lowest BCUT2D eigenvalue weighted by Gasteiger charge is -2.27. The van der Waals surface area contributed by atoms with E-state index in [1.54, 1.807) is 68.2 Å². The van der Waals surface area contributed by atoms with Gasteiger partial charge in [-0.1, -0.05) is 42.1 Å². The number of anilines is 1. The Labute approximate surface area is 423 Å². The van der Waals surface area contributed by atoms with Gasteiger partial charge in [-0.25, -0.2) is 10.5 Å². The number of aromatic nitrogens is 1. The van der Waals surface area contributed by atoms with E-state index in [1.165, 1.54) is 18.2 Å². The number of benzene rings is 4. The molecule has 2 aliphatic heterocycles. The lowest BCUT2D eigenvalue weighted by molar-refractivity contribution is -0.438. The molecule has 4 aromatic carbocycles. The van der Waals surface area contributed by atoms with Gasteiger partial charge in [0.2, 0.25) is 5.69 Å². The Kier molecular flexibility index (Phi) is 16.0. The molecule has 0 fully saturated rings. The van der Waals surface area contributed by atoms with Gasteiger partial charge in [-0.3, -0.25) is 23.2 Å². The van der Waals surface area contributed by atoms with Crippen LogP contribution in [0.5, 0.6) is 0 Å². The van der Waals surface area contributed by atoms with Crippen LogP contribution in [-0.2, 0) is 70.0 Å². The minimum absolute atomic E-state index is 0.0157. The van der Waals surface area contributed by atoms with Crippen LogP contribution in [0, 0.1) is 6.92 Å². The van der Waals surface area contributed by atoms with Crippen LogP contribution in [0.3, 0.4) is 0 Å². The zero-order chi connectivity index (χ0) is 52.8. The molecule has 7 rings (SSSR count). The van der Waals surface area contributed by atoms with E-state index in [-0.39, 0.29) is 28.6 Å². The lowest BCUT2D eigenvalue weighted by atomic mass is 9.79. The molecule has 0 saturated carbocycles. The third-order valence-corrected chi connectivity index (χ3v) is 16.9. The summed E-state index contributed by atoms with van der Waals surface area (Å²) in [7, 11) is -19.3. The monoisotopic (exact) mass is 1110 g/mol. The molecule has 27 heteroatoms. The zero-order valence-corrected chi connectivity index (χ0v) is 43.7. The van der Waals surface area contributed by atoms with E-state index >= 15 is 0 Å². The maximum absolute atomic E-state index is 12.7. The standard InChI is InChI=1S/C45H47N3O18S6/c1-27-9-6-10-35(46-27)28(11-17-40-44(2,3)42-33-23-29(70(54,55)56)25-38(68-66-64-50)31(33)13-15-36(42)47(40)19-7-21-67-65-63-49)12-18-41-45(4,5)43-34-24-30(71(57,58)59)26-39(72(60,61)62)32(34)14-16-37(43)48(41)20-8-22-69(51,52)53/h6,9-18,23-26H,7-8,19-22H2,1-5H3,(H5-,49,50,51,52,53,54,55,56,57,58,59,60,61,62)/p+1. The van der Waals surface area contributed by atoms with Crippen LogP contribution in [0.15, 0.2) is 116 Å². The Balaban J connectivity index is 1.45. The van der Waals surface area contributed by atoms with Crippen LogP contribution in [0.25, 0.3) is 27.1 Å². The summed E-state index contributed by atoms with van der Waals surface area (Å²) in [6.07, 6.45) is 7.57. The zero-order valence-electron chi connectivity index (χ0n) is 38.8. The quantitative estimate of drug-likeness (QED) is 0.00811. The van der Waals surface area contributed by atoms with Crippen LogP contribution < -0.4 is 4.90 Å². The molecule has 0 atom stereocenters. The number of rotatable bonds is 20. The Morgan fingerprint density at radius 2 is 1.40 bits per heavy atom. The van der Waals surface area contributed by atoms with E-state index in [2.05, 4.69) is 14.4 Å². The number of pyridine rings is 1. The fraction of sp³-hybridized carbons (Fsp3) is 0.289. The second-order valence-electron chi connectivity index (χ2n) is 17.7. The molecule has 2 aliphatic rings. The molecule has 5 aromatic rings. The molecule has 21 nitrogen and oxygen atoms in total. The van der Waals surface area contributed by atoms with Gasteiger partial charge in [0.1, 0.15) is 11.4 Å². The summed E-state index contributed by atoms with van der Waals surface area (Å²) in [6.45, 7) is 9.53. The smallest absolute Gasteiger partial charge is 0.295 e. The number of aryl methyl sites for hydroxylation is 1. The summed E-state index contributed by atoms with van der Waals surface area (Å²) < 4.78 is 151. The second-order valence-corrected chi connectivity index (χ2v) is 25.0. The van der Waals surface area contributed by atoms with Crippen molar-refractivity contribution in [2.24, 2.45) is 0 Å². The normalized spacial score (nSPS) is 16.7. The Bertz CT molecular complexity index is 3590. The van der Waals surface area contributed by atoms with Gasteiger partial charge in [0.15, 0.2) is 5.71 Å². The van der Waals surface area contributed by atoms with Crippen LogP contribution in [0.1, 0.15) is 63.1 Å². The summed E-state index contributed by atoms with van der Waals surface area (Å²) in [4.78, 5) is 4.73. The average molecular weight is 1110 g/mol. The Morgan fingerprint density at radius 1 is 0.750 bits per heavy atom. The number of nitrogens with zero attached hydrogens (tertiary/aromatic N) is 3. The number of allylic oxidation sites excluding steroid dienone is 6. The van der Waals surface area contributed by atoms with Crippen molar-refractivity contribution in [2.45, 2.75) is 77.9 Å². The molecule has 386 valence electrons. The molecule has 0 saturated heterocycles. The van der Waals surface area contributed by atoms with Crippen molar-refractivity contribution in [1.82, 2.24) is 4.98 Å². The molecule has 0 radical (unpaired) electrons. The topological polar surface area (TPSA) is 314 Å². The van der Waals surface area contributed by atoms with Crippen molar-refractivity contribution in [3.63, 3.8) is 0 Å². The average Bonchev–Trinajstić information content (AvgIpc) is 3.64. The molecule has 0 unspecified atom stereocenters. The first kappa shape index (κ1) is 55.1. The molecule has 1 aromatic heterocycles. The first-order chi connectivity index (χ1) is 33.6. The van der Waals surface area contributed by atoms with Crippen molar-refractivity contribution >= 4 is 109 Å². The SMILES string of the molecule is Cc1cccc(C(=C\C=C2\N(CCCS(=O)(=O)O)c3ccc4c(S(=O)(=O)O)cc(S(=O)(=O)O)cc4c3C2(C)C)/C=C/C2=[N+](CCCSOOO)c3ccc4c(SOOO)cc(S(=O)(=O)O)cc4c3C2(C)C)n1. The third-order valence-electron chi connectivity index (χ3n) is 12.3.